The number of aryl methyl sites for hydroxylation is 1. The number of ether oxygens (including phenoxy) is 1. The van der Waals surface area contributed by atoms with Gasteiger partial charge in [0.2, 0.25) is 0 Å². The predicted octanol–water partition coefficient (Wildman–Crippen LogP) is 4.06. The number of benzene rings is 1. The maximum atomic E-state index is 14.1. The van der Waals surface area contributed by atoms with E-state index >= 15 is 0 Å². The number of thiophene rings is 1. The quantitative estimate of drug-likeness (QED) is 0.397. The third-order valence-electron chi connectivity index (χ3n) is 5.26. The minimum Gasteiger partial charge on any atom is -0.494 e. The molecule has 0 N–H and O–H groups in total. The maximum Gasteiger partial charge on any atom is 0.336 e. The Morgan fingerprint density at radius 3 is 2.68 bits per heavy atom. The average molecular weight is 500 g/mol. The Morgan fingerprint density at radius 1 is 1.24 bits per heavy atom. The lowest BCUT2D eigenvalue weighted by molar-refractivity contribution is 0.387. The van der Waals surface area contributed by atoms with E-state index in [1.807, 2.05) is 20.2 Å². The Kier molecular flexibility index (Phi) is 6.41. The van der Waals surface area contributed by atoms with Gasteiger partial charge < -0.3 is 9.64 Å². The third-order valence-corrected chi connectivity index (χ3v) is 6.72. The van der Waals surface area contributed by atoms with Gasteiger partial charge in [0, 0.05) is 31.1 Å². The molecule has 4 aromatic rings. The number of nitrogens with zero attached hydrogens (tertiary/aromatic N) is 5. The maximum absolute atomic E-state index is 14.1. The highest BCUT2D eigenvalue weighted by atomic mass is 35.5. The number of nitriles is 1. The number of pyridine rings is 1. The molecule has 3 heterocycles. The molecular formula is C23H19ClFN5O3S. The van der Waals surface area contributed by atoms with E-state index in [4.69, 9.17) is 21.6 Å². The van der Waals surface area contributed by atoms with Crippen LogP contribution in [0.2, 0.25) is 5.02 Å². The lowest BCUT2D eigenvalue weighted by Gasteiger charge is -2.14. The number of halogens is 2. The van der Waals surface area contributed by atoms with Crippen LogP contribution < -0.4 is 20.9 Å². The molecular weight excluding hydrogens is 481 g/mol. The van der Waals surface area contributed by atoms with Gasteiger partial charge in [0.05, 0.1) is 53.9 Å². The molecule has 0 saturated carbocycles. The first-order valence-electron chi connectivity index (χ1n) is 10.1. The van der Waals surface area contributed by atoms with Gasteiger partial charge in [-0.25, -0.2) is 13.8 Å². The van der Waals surface area contributed by atoms with E-state index in [1.165, 1.54) is 23.9 Å². The number of rotatable bonds is 6. The molecule has 4 rings (SSSR count). The van der Waals surface area contributed by atoms with Gasteiger partial charge >= 0.3 is 5.69 Å². The summed E-state index contributed by atoms with van der Waals surface area (Å²) in [5.74, 6) is -0.610. The van der Waals surface area contributed by atoms with Crippen LogP contribution in [0, 0.1) is 17.1 Å². The normalized spacial score (nSPS) is 10.9. The number of fused-ring (bicyclic) bond motifs is 1. The summed E-state index contributed by atoms with van der Waals surface area (Å²) < 4.78 is 21.9. The summed E-state index contributed by atoms with van der Waals surface area (Å²) in [6, 6.07) is 7.96. The predicted molar refractivity (Wildman–Crippen MR) is 131 cm³/mol. The van der Waals surface area contributed by atoms with Crippen molar-refractivity contribution in [2.24, 2.45) is 0 Å². The molecule has 0 amide bonds. The third kappa shape index (κ3) is 4.04. The van der Waals surface area contributed by atoms with Crippen molar-refractivity contribution >= 4 is 38.8 Å². The smallest absolute Gasteiger partial charge is 0.336 e. The zero-order chi connectivity index (χ0) is 24.6. The van der Waals surface area contributed by atoms with Gasteiger partial charge in [-0.15, -0.1) is 11.3 Å². The van der Waals surface area contributed by atoms with E-state index in [9.17, 15) is 14.0 Å². The summed E-state index contributed by atoms with van der Waals surface area (Å²) in [5.41, 5.74) is 0.750. The molecule has 0 saturated heterocycles. The van der Waals surface area contributed by atoms with Crippen molar-refractivity contribution in [1.82, 2.24) is 14.1 Å². The fourth-order valence-electron chi connectivity index (χ4n) is 3.54. The van der Waals surface area contributed by atoms with Crippen molar-refractivity contribution in [1.29, 1.82) is 5.26 Å². The highest BCUT2D eigenvalue weighted by Gasteiger charge is 2.20. The molecule has 0 aliphatic heterocycles. The van der Waals surface area contributed by atoms with Crippen molar-refractivity contribution in [3.8, 4) is 27.9 Å². The molecule has 0 atom stereocenters. The van der Waals surface area contributed by atoms with E-state index < -0.39 is 17.1 Å². The van der Waals surface area contributed by atoms with E-state index in [-0.39, 0.29) is 23.7 Å². The Balaban J connectivity index is 2.03. The lowest BCUT2D eigenvalue weighted by Crippen LogP contribution is -2.38. The molecule has 0 aliphatic rings. The minimum atomic E-state index is -0.612. The summed E-state index contributed by atoms with van der Waals surface area (Å²) in [7, 11) is 4.99. The van der Waals surface area contributed by atoms with Gasteiger partial charge in [-0.05, 0) is 24.3 Å². The highest BCUT2D eigenvalue weighted by Crippen LogP contribution is 2.39. The van der Waals surface area contributed by atoms with E-state index in [1.54, 1.807) is 23.2 Å². The Hall–Kier alpha value is -3.68. The molecule has 11 heteroatoms. The van der Waals surface area contributed by atoms with Gasteiger partial charge in [0.1, 0.15) is 4.70 Å². The molecule has 0 aliphatic carbocycles. The second-order valence-electron chi connectivity index (χ2n) is 7.57. The van der Waals surface area contributed by atoms with Gasteiger partial charge in [0.15, 0.2) is 11.6 Å². The molecule has 8 nitrogen and oxygen atoms in total. The van der Waals surface area contributed by atoms with Crippen LogP contribution in [0.4, 0.5) is 10.1 Å². The summed E-state index contributed by atoms with van der Waals surface area (Å²) in [6.45, 7) is 0.0869. The zero-order valence-corrected chi connectivity index (χ0v) is 20.1. The first-order chi connectivity index (χ1) is 16.3. The number of anilines is 1. The fourth-order valence-corrected chi connectivity index (χ4v) is 4.97. The number of hydrogen-bond donors (Lipinski definition) is 0. The minimum absolute atomic E-state index is 0.00251. The van der Waals surface area contributed by atoms with Gasteiger partial charge in [-0.2, -0.15) is 5.26 Å². The van der Waals surface area contributed by atoms with Gasteiger partial charge in [0.25, 0.3) is 5.56 Å². The summed E-state index contributed by atoms with van der Waals surface area (Å²) in [6.07, 6.45) is 3.13. The molecule has 0 unspecified atom stereocenters. The molecule has 34 heavy (non-hydrogen) atoms. The second kappa shape index (κ2) is 9.29. The molecule has 1 aromatic carbocycles. The van der Waals surface area contributed by atoms with E-state index in [0.29, 0.717) is 32.0 Å². The van der Waals surface area contributed by atoms with Crippen LogP contribution in [-0.4, -0.2) is 35.3 Å². The van der Waals surface area contributed by atoms with Crippen molar-refractivity contribution < 1.29 is 9.13 Å². The second-order valence-corrected chi connectivity index (χ2v) is 9.03. The Morgan fingerprint density at radius 2 is 2.00 bits per heavy atom. The molecule has 174 valence electrons. The first-order valence-corrected chi connectivity index (χ1v) is 11.3. The van der Waals surface area contributed by atoms with Crippen molar-refractivity contribution in [3.05, 3.63) is 68.3 Å². The van der Waals surface area contributed by atoms with Crippen LogP contribution in [0.3, 0.4) is 0 Å². The largest absolute Gasteiger partial charge is 0.494 e. The van der Waals surface area contributed by atoms with Crippen molar-refractivity contribution in [2.75, 3.05) is 26.1 Å². The standard InChI is InChI=1S/C23H19ClFN5O3S/c1-28(2)13-7-14(12-27-11-13)30-22(31)21-18(29(23(30)32)6-4-5-26)10-20(34-21)15-8-19(33-3)17(25)9-16(15)24/h7-12H,4,6H2,1-3H3. The molecule has 0 radical (unpaired) electrons. The topological polar surface area (TPSA) is 93.2 Å². The van der Waals surface area contributed by atoms with Gasteiger partial charge in [-0.1, -0.05) is 11.6 Å². The highest BCUT2D eigenvalue weighted by molar-refractivity contribution is 7.22. The van der Waals surface area contributed by atoms with Crippen molar-refractivity contribution in [3.63, 3.8) is 0 Å². The summed E-state index contributed by atoms with van der Waals surface area (Å²) in [5, 5.41) is 9.26. The summed E-state index contributed by atoms with van der Waals surface area (Å²) >= 11 is 7.42. The Labute approximate surface area is 202 Å². The Bertz CT molecular complexity index is 1570. The van der Waals surface area contributed by atoms with Crippen LogP contribution in [-0.2, 0) is 6.54 Å². The first kappa shape index (κ1) is 23.5. The molecule has 0 fully saturated rings. The molecule has 0 spiro atoms. The van der Waals surface area contributed by atoms with E-state index in [0.717, 1.165) is 22.0 Å². The lowest BCUT2D eigenvalue weighted by atomic mass is 10.1. The molecule has 0 bridgehead atoms. The van der Waals surface area contributed by atoms with Crippen LogP contribution in [0.1, 0.15) is 6.42 Å². The monoisotopic (exact) mass is 499 g/mol. The SMILES string of the molecule is COc1cc(-c2cc3c(s2)c(=O)n(-c2cncc(N(C)C)c2)c(=O)n3CCC#N)c(Cl)cc1F. The fraction of sp³-hybridized carbons (Fsp3) is 0.217. The summed E-state index contributed by atoms with van der Waals surface area (Å²) in [4.78, 5) is 33.5. The number of aromatic nitrogens is 3. The molecule has 3 aromatic heterocycles. The van der Waals surface area contributed by atoms with Crippen LogP contribution >= 0.6 is 22.9 Å². The van der Waals surface area contributed by atoms with Gasteiger partial charge in [-0.3, -0.25) is 14.3 Å². The van der Waals surface area contributed by atoms with Crippen LogP contribution in [0.15, 0.2) is 46.2 Å². The van der Waals surface area contributed by atoms with E-state index in [2.05, 4.69) is 4.98 Å². The van der Waals surface area contributed by atoms with Crippen LogP contribution in [0.25, 0.3) is 26.3 Å². The van der Waals surface area contributed by atoms with Crippen LogP contribution in [0.5, 0.6) is 5.75 Å². The number of hydrogen-bond acceptors (Lipinski definition) is 7. The number of methoxy groups -OCH3 is 1. The average Bonchev–Trinajstić information content (AvgIpc) is 3.25. The van der Waals surface area contributed by atoms with Crippen molar-refractivity contribution in [2.45, 2.75) is 13.0 Å². The zero-order valence-electron chi connectivity index (χ0n) is 18.5.